The summed E-state index contributed by atoms with van der Waals surface area (Å²) in [6.45, 7) is 8.40. The Bertz CT molecular complexity index is 1960. The first-order valence-corrected chi connectivity index (χ1v) is 16.0. The van der Waals surface area contributed by atoms with E-state index in [0.29, 0.717) is 22.3 Å². The molecule has 0 spiro atoms. The van der Waals surface area contributed by atoms with Crippen LogP contribution in [0.15, 0.2) is 59.4 Å². The number of para-hydroxylation sites is 1. The van der Waals surface area contributed by atoms with Crippen LogP contribution >= 0.6 is 0 Å². The smallest absolute Gasteiger partial charge is 0.266 e. The molecule has 46 heavy (non-hydrogen) atoms. The number of anilines is 1. The first-order chi connectivity index (χ1) is 22.0. The van der Waals surface area contributed by atoms with Gasteiger partial charge in [0.05, 0.1) is 27.7 Å². The van der Waals surface area contributed by atoms with Gasteiger partial charge < -0.3 is 9.72 Å². The number of fused-ring (bicyclic) bond motifs is 3. The summed E-state index contributed by atoms with van der Waals surface area (Å²) in [5, 5.41) is 0.340. The summed E-state index contributed by atoms with van der Waals surface area (Å²) in [7, 11) is 0. The second kappa shape index (κ2) is 11.2. The van der Waals surface area contributed by atoms with Crippen LogP contribution in [0.3, 0.4) is 0 Å². The number of H-pyrrole nitrogens is 1. The Morgan fingerprint density at radius 2 is 1.39 bits per heavy atom. The molecule has 9 nitrogen and oxygen atoms in total. The van der Waals surface area contributed by atoms with Crippen molar-refractivity contribution in [1.29, 1.82) is 0 Å². The number of hydrogen-bond donors (Lipinski definition) is 1. The molecule has 0 radical (unpaired) electrons. The SMILES string of the molecule is CC(C)C(Oc1ccc(C2CCCC2)c(N2C(=O)c3cc4c(cc3C2=O)C(=O)C(c2nc3ccccc3c(=O)[nH]2)C4=O)c1)C(C)C. The van der Waals surface area contributed by atoms with Crippen LogP contribution in [0.5, 0.6) is 5.75 Å². The fraction of sp³-hybridized carbons (Fsp3) is 0.351. The second-order valence-corrected chi connectivity index (χ2v) is 13.3. The lowest BCUT2D eigenvalue weighted by Crippen LogP contribution is -2.31. The van der Waals surface area contributed by atoms with Crippen LogP contribution in [0.1, 0.15) is 118 Å². The normalized spacial score (nSPS) is 17.0. The van der Waals surface area contributed by atoms with Crippen molar-refractivity contribution in [1.82, 2.24) is 9.97 Å². The number of ketones is 2. The van der Waals surface area contributed by atoms with Crippen LogP contribution in [0.2, 0.25) is 0 Å². The van der Waals surface area contributed by atoms with E-state index in [1.807, 2.05) is 12.1 Å². The van der Waals surface area contributed by atoms with E-state index >= 15 is 0 Å². The number of benzene rings is 3. The Kier molecular flexibility index (Phi) is 7.22. The number of hydrogen-bond acceptors (Lipinski definition) is 7. The molecule has 2 amide bonds. The molecule has 3 aromatic carbocycles. The average Bonchev–Trinajstić information content (AvgIpc) is 3.71. The standard InChI is InChI=1S/C37H35N3O6/c1-18(2)33(19(3)4)46-21-13-14-22(20-9-5-6-10-20)29(15-21)40-36(44)26-16-24-25(17-27(26)37(40)45)32(42)30(31(24)41)34-38-28-12-8-7-11-23(28)35(43)39-34/h7-8,11-20,30,33H,5-6,9-10H2,1-4H3,(H,38,39,43). The average molecular weight is 618 g/mol. The second-order valence-electron chi connectivity index (χ2n) is 13.3. The van der Waals surface area contributed by atoms with Crippen LogP contribution in [-0.4, -0.2) is 39.5 Å². The maximum absolute atomic E-state index is 14.1. The van der Waals surface area contributed by atoms with E-state index < -0.39 is 34.9 Å². The summed E-state index contributed by atoms with van der Waals surface area (Å²) >= 11 is 0. The highest BCUT2D eigenvalue weighted by molar-refractivity contribution is 6.37. The lowest BCUT2D eigenvalue weighted by Gasteiger charge is -2.28. The predicted octanol–water partition coefficient (Wildman–Crippen LogP) is 6.60. The molecule has 7 rings (SSSR count). The van der Waals surface area contributed by atoms with Gasteiger partial charge >= 0.3 is 0 Å². The van der Waals surface area contributed by atoms with Gasteiger partial charge in [-0.15, -0.1) is 0 Å². The molecule has 0 unspecified atom stereocenters. The summed E-state index contributed by atoms with van der Waals surface area (Å²) in [5.41, 5.74) is 1.51. The van der Waals surface area contributed by atoms with Gasteiger partial charge in [0, 0.05) is 17.2 Å². The lowest BCUT2D eigenvalue weighted by atomic mass is 9.94. The fourth-order valence-corrected chi connectivity index (χ4v) is 7.40. The maximum Gasteiger partial charge on any atom is 0.266 e. The largest absolute Gasteiger partial charge is 0.490 e. The number of aromatic nitrogens is 2. The van der Waals surface area contributed by atoms with Crippen molar-refractivity contribution in [2.45, 2.75) is 71.3 Å². The number of ether oxygens (including phenoxy) is 1. The van der Waals surface area contributed by atoms with Gasteiger partial charge in [0.1, 0.15) is 23.6 Å². The highest BCUT2D eigenvalue weighted by atomic mass is 16.5. The lowest BCUT2D eigenvalue weighted by molar-refractivity contribution is 0.0882. The van der Waals surface area contributed by atoms with Crippen LogP contribution in [0.25, 0.3) is 10.9 Å². The minimum Gasteiger partial charge on any atom is -0.490 e. The number of Topliss-reactive ketones (excluding diaryl/α,β-unsaturated/α-hetero) is 2. The van der Waals surface area contributed by atoms with Crippen molar-refractivity contribution in [3.05, 3.63) is 98.6 Å². The molecule has 1 N–H and O–H groups in total. The first-order valence-electron chi connectivity index (χ1n) is 16.0. The molecule has 2 heterocycles. The molecule has 0 bridgehead atoms. The summed E-state index contributed by atoms with van der Waals surface area (Å²) in [5.74, 6) is -2.40. The number of carbonyl (C=O) groups excluding carboxylic acids is 4. The first kappa shape index (κ1) is 29.8. The zero-order chi connectivity index (χ0) is 32.4. The van der Waals surface area contributed by atoms with Crippen molar-refractivity contribution >= 4 is 40.0 Å². The van der Waals surface area contributed by atoms with Gasteiger partial charge in [-0.1, -0.05) is 58.7 Å². The van der Waals surface area contributed by atoms with Gasteiger partial charge in [-0.05, 0) is 66.5 Å². The van der Waals surface area contributed by atoms with E-state index in [1.54, 1.807) is 30.3 Å². The third-order valence-electron chi connectivity index (χ3n) is 9.61. The zero-order valence-corrected chi connectivity index (χ0v) is 26.3. The van der Waals surface area contributed by atoms with Crippen LogP contribution in [0, 0.1) is 11.8 Å². The molecule has 4 aromatic rings. The number of aromatic amines is 1. The number of nitrogens with one attached hydrogen (secondary N) is 1. The van der Waals surface area contributed by atoms with Gasteiger partial charge in [0.2, 0.25) is 0 Å². The van der Waals surface area contributed by atoms with Crippen molar-refractivity contribution in [2.24, 2.45) is 11.8 Å². The van der Waals surface area contributed by atoms with Crippen LogP contribution in [-0.2, 0) is 0 Å². The van der Waals surface area contributed by atoms with E-state index in [1.165, 1.54) is 17.0 Å². The molecule has 234 valence electrons. The Balaban J connectivity index is 1.27. The van der Waals surface area contributed by atoms with Crippen LogP contribution < -0.4 is 15.2 Å². The quantitative estimate of drug-likeness (QED) is 0.183. The van der Waals surface area contributed by atoms with Crippen molar-refractivity contribution in [3.8, 4) is 5.75 Å². The number of nitrogens with zero attached hydrogens (tertiary/aromatic N) is 2. The minimum absolute atomic E-state index is 0.0392. The van der Waals surface area contributed by atoms with Crippen LogP contribution in [0.4, 0.5) is 5.69 Å². The Hall–Kier alpha value is -4.92. The van der Waals surface area contributed by atoms with E-state index in [9.17, 15) is 24.0 Å². The topological polar surface area (TPSA) is 126 Å². The van der Waals surface area contributed by atoms with E-state index in [4.69, 9.17) is 4.74 Å². The van der Waals surface area contributed by atoms with Crippen molar-refractivity contribution < 1.29 is 23.9 Å². The molecule has 9 heteroatoms. The summed E-state index contributed by atoms with van der Waals surface area (Å²) in [4.78, 5) is 76.4. The predicted molar refractivity (Wildman–Crippen MR) is 173 cm³/mol. The number of amides is 2. The molecular weight excluding hydrogens is 582 g/mol. The third-order valence-corrected chi connectivity index (χ3v) is 9.61. The van der Waals surface area contributed by atoms with E-state index in [0.717, 1.165) is 31.2 Å². The van der Waals surface area contributed by atoms with E-state index in [-0.39, 0.29) is 51.9 Å². The molecule has 1 aromatic heterocycles. The monoisotopic (exact) mass is 617 g/mol. The van der Waals surface area contributed by atoms with Gasteiger partial charge in [0.15, 0.2) is 11.6 Å². The zero-order valence-electron chi connectivity index (χ0n) is 26.3. The number of rotatable bonds is 7. The van der Waals surface area contributed by atoms with Gasteiger partial charge in [0.25, 0.3) is 17.4 Å². The summed E-state index contributed by atoms with van der Waals surface area (Å²) in [6.07, 6.45) is 4.00. The fourth-order valence-electron chi connectivity index (χ4n) is 7.40. The molecule has 0 saturated heterocycles. The highest BCUT2D eigenvalue weighted by Gasteiger charge is 2.46. The van der Waals surface area contributed by atoms with Crippen molar-refractivity contribution in [3.63, 3.8) is 0 Å². The van der Waals surface area contributed by atoms with Gasteiger partial charge in [-0.3, -0.25) is 24.0 Å². The third kappa shape index (κ3) is 4.68. The summed E-state index contributed by atoms with van der Waals surface area (Å²) < 4.78 is 6.41. The van der Waals surface area contributed by atoms with E-state index in [2.05, 4.69) is 37.7 Å². The molecule has 0 atom stereocenters. The Morgan fingerprint density at radius 1 is 0.783 bits per heavy atom. The maximum atomic E-state index is 14.1. The molecule has 1 fully saturated rings. The molecular formula is C37H35N3O6. The Labute approximate surface area is 266 Å². The summed E-state index contributed by atoms with van der Waals surface area (Å²) in [6, 6.07) is 15.0. The van der Waals surface area contributed by atoms with Crippen molar-refractivity contribution in [2.75, 3.05) is 4.90 Å². The highest BCUT2D eigenvalue weighted by Crippen LogP contribution is 2.44. The molecule has 1 aliphatic heterocycles. The Morgan fingerprint density at radius 3 is 2.00 bits per heavy atom. The number of carbonyl (C=O) groups is 4. The number of imide groups is 1. The molecule has 1 saturated carbocycles. The van der Waals surface area contributed by atoms with Gasteiger partial charge in [-0.25, -0.2) is 9.88 Å². The minimum atomic E-state index is -1.37. The molecule has 3 aliphatic rings. The van der Waals surface area contributed by atoms with Gasteiger partial charge in [-0.2, -0.15) is 0 Å². The molecule has 2 aliphatic carbocycles.